The van der Waals surface area contributed by atoms with Crippen LogP contribution in [0.5, 0.6) is 0 Å². The van der Waals surface area contributed by atoms with Crippen molar-refractivity contribution in [2.75, 3.05) is 0 Å². The van der Waals surface area contributed by atoms with Crippen molar-refractivity contribution in [3.05, 3.63) is 35.6 Å². The van der Waals surface area contributed by atoms with E-state index in [4.69, 9.17) is 0 Å². The maximum atomic E-state index is 12.9. The van der Waals surface area contributed by atoms with Gasteiger partial charge in [-0.1, -0.05) is 38.8 Å². The summed E-state index contributed by atoms with van der Waals surface area (Å²) in [5.41, 5.74) is 1.30. The summed E-state index contributed by atoms with van der Waals surface area (Å²) in [6.07, 6.45) is 6.52. The minimum absolute atomic E-state index is 0.132. The summed E-state index contributed by atoms with van der Waals surface area (Å²) in [5, 5.41) is 3.87. The summed E-state index contributed by atoms with van der Waals surface area (Å²) in [5.74, 6) is 2.15. The van der Waals surface area contributed by atoms with E-state index in [0.717, 1.165) is 11.8 Å². The molecule has 1 N–H and O–H groups in total. The number of hydrogen-bond acceptors (Lipinski definition) is 1. The van der Waals surface area contributed by atoms with Gasteiger partial charge in [0.2, 0.25) is 0 Å². The molecule has 0 aromatic heterocycles. The molecular weight excluding hydrogens is 249 g/mol. The van der Waals surface area contributed by atoms with E-state index in [1.165, 1.54) is 37.7 Å². The van der Waals surface area contributed by atoms with Crippen molar-refractivity contribution in [1.82, 2.24) is 5.32 Å². The molecule has 2 fully saturated rings. The Labute approximate surface area is 122 Å². The molecule has 0 bridgehead atoms. The molecule has 1 aromatic carbocycles. The van der Waals surface area contributed by atoms with E-state index in [1.54, 1.807) is 12.1 Å². The Hall–Kier alpha value is -0.890. The van der Waals surface area contributed by atoms with E-state index in [0.29, 0.717) is 18.0 Å². The van der Waals surface area contributed by atoms with Gasteiger partial charge in [0.25, 0.3) is 0 Å². The van der Waals surface area contributed by atoms with Crippen molar-refractivity contribution in [3.8, 4) is 0 Å². The molecule has 0 spiro atoms. The minimum atomic E-state index is -0.132. The zero-order valence-electron chi connectivity index (χ0n) is 12.6. The van der Waals surface area contributed by atoms with Gasteiger partial charge in [-0.2, -0.15) is 0 Å². The first-order valence-electron chi connectivity index (χ1n) is 8.15. The average Bonchev–Trinajstić information content (AvgIpc) is 2.39. The number of rotatable bonds is 3. The van der Waals surface area contributed by atoms with E-state index in [2.05, 4.69) is 19.2 Å². The summed E-state index contributed by atoms with van der Waals surface area (Å²) in [7, 11) is 0. The fourth-order valence-corrected chi connectivity index (χ4v) is 3.88. The molecule has 0 aliphatic heterocycles. The number of halogens is 1. The molecule has 0 amide bonds. The standard InChI is InChI=1S/C18H26FN/c1-12-4-3-5-18(13(12)2)20-17-10-15(11-17)14-6-8-16(19)9-7-14/h6-9,12-13,15,17-18,20H,3-5,10-11H2,1-2H3. The van der Waals surface area contributed by atoms with E-state index >= 15 is 0 Å². The molecule has 0 saturated heterocycles. The lowest BCUT2D eigenvalue weighted by atomic mass is 9.73. The average molecular weight is 275 g/mol. The molecule has 2 saturated carbocycles. The first kappa shape index (κ1) is 14.1. The third-order valence-corrected chi connectivity index (χ3v) is 5.64. The van der Waals surface area contributed by atoms with Crippen molar-refractivity contribution < 1.29 is 4.39 Å². The Bertz CT molecular complexity index is 435. The SMILES string of the molecule is CC1CCCC(NC2CC(c3ccc(F)cc3)C2)C1C. The van der Waals surface area contributed by atoms with Crippen LogP contribution in [-0.4, -0.2) is 12.1 Å². The summed E-state index contributed by atoms with van der Waals surface area (Å²) in [6, 6.07) is 8.44. The van der Waals surface area contributed by atoms with Crippen LogP contribution in [0.1, 0.15) is 57.4 Å². The molecule has 2 aliphatic rings. The van der Waals surface area contributed by atoms with Crippen molar-refractivity contribution >= 4 is 0 Å². The zero-order chi connectivity index (χ0) is 14.1. The topological polar surface area (TPSA) is 12.0 Å². The van der Waals surface area contributed by atoms with Crippen LogP contribution in [0.3, 0.4) is 0 Å². The molecule has 1 aromatic rings. The van der Waals surface area contributed by atoms with Crippen LogP contribution in [0.2, 0.25) is 0 Å². The normalized spacial score (nSPS) is 37.5. The van der Waals surface area contributed by atoms with E-state index in [1.807, 2.05) is 12.1 Å². The molecule has 3 atom stereocenters. The molecule has 20 heavy (non-hydrogen) atoms. The zero-order valence-corrected chi connectivity index (χ0v) is 12.6. The highest BCUT2D eigenvalue weighted by Crippen LogP contribution is 2.38. The molecule has 3 unspecified atom stereocenters. The van der Waals surface area contributed by atoms with E-state index in [-0.39, 0.29) is 5.82 Å². The van der Waals surface area contributed by atoms with Gasteiger partial charge in [0.15, 0.2) is 0 Å². The maximum Gasteiger partial charge on any atom is 0.123 e. The fraction of sp³-hybridized carbons (Fsp3) is 0.667. The Morgan fingerprint density at radius 3 is 2.45 bits per heavy atom. The van der Waals surface area contributed by atoms with Crippen LogP contribution in [-0.2, 0) is 0 Å². The van der Waals surface area contributed by atoms with Crippen LogP contribution < -0.4 is 5.32 Å². The second-order valence-corrected chi connectivity index (χ2v) is 6.96. The van der Waals surface area contributed by atoms with Gasteiger partial charge in [0, 0.05) is 12.1 Å². The first-order chi connectivity index (χ1) is 9.63. The van der Waals surface area contributed by atoms with Gasteiger partial charge < -0.3 is 5.32 Å². The third-order valence-electron chi connectivity index (χ3n) is 5.64. The van der Waals surface area contributed by atoms with Gasteiger partial charge >= 0.3 is 0 Å². The highest BCUT2D eigenvalue weighted by molar-refractivity contribution is 5.23. The van der Waals surface area contributed by atoms with E-state index < -0.39 is 0 Å². The lowest BCUT2D eigenvalue weighted by molar-refractivity contribution is 0.162. The van der Waals surface area contributed by atoms with Crippen molar-refractivity contribution in [2.24, 2.45) is 11.8 Å². The van der Waals surface area contributed by atoms with Gasteiger partial charge in [0.05, 0.1) is 0 Å². The van der Waals surface area contributed by atoms with Gasteiger partial charge in [0.1, 0.15) is 5.82 Å². The quantitative estimate of drug-likeness (QED) is 0.857. The summed E-state index contributed by atoms with van der Waals surface area (Å²) >= 11 is 0. The lowest BCUT2D eigenvalue weighted by Crippen LogP contribution is -2.50. The minimum Gasteiger partial charge on any atom is -0.311 e. The molecule has 0 heterocycles. The first-order valence-corrected chi connectivity index (χ1v) is 8.15. The summed E-state index contributed by atoms with van der Waals surface area (Å²) < 4.78 is 12.9. The van der Waals surface area contributed by atoms with Crippen molar-refractivity contribution in [3.63, 3.8) is 0 Å². The van der Waals surface area contributed by atoms with Gasteiger partial charge in [-0.25, -0.2) is 4.39 Å². The molecule has 2 heteroatoms. The predicted octanol–water partition coefficient (Wildman–Crippen LogP) is 4.49. The van der Waals surface area contributed by atoms with Crippen molar-refractivity contribution in [2.45, 2.75) is 64.0 Å². The predicted molar refractivity (Wildman–Crippen MR) is 81.3 cm³/mol. The number of hydrogen-bond donors (Lipinski definition) is 1. The smallest absolute Gasteiger partial charge is 0.123 e. The molecular formula is C18H26FN. The Kier molecular flexibility index (Phi) is 4.11. The summed E-state index contributed by atoms with van der Waals surface area (Å²) in [6.45, 7) is 4.79. The van der Waals surface area contributed by atoms with Gasteiger partial charge in [-0.3, -0.25) is 0 Å². The molecule has 0 radical (unpaired) electrons. The highest BCUT2D eigenvalue weighted by atomic mass is 19.1. The monoisotopic (exact) mass is 275 g/mol. The van der Waals surface area contributed by atoms with Crippen LogP contribution in [0.25, 0.3) is 0 Å². The van der Waals surface area contributed by atoms with Crippen LogP contribution in [0.15, 0.2) is 24.3 Å². The Morgan fingerprint density at radius 2 is 1.75 bits per heavy atom. The highest BCUT2D eigenvalue weighted by Gasteiger charge is 2.34. The molecule has 1 nitrogen and oxygen atoms in total. The van der Waals surface area contributed by atoms with Crippen molar-refractivity contribution in [1.29, 1.82) is 0 Å². The second-order valence-electron chi connectivity index (χ2n) is 6.96. The molecule has 2 aliphatic carbocycles. The second kappa shape index (κ2) is 5.85. The van der Waals surface area contributed by atoms with E-state index in [9.17, 15) is 4.39 Å². The largest absolute Gasteiger partial charge is 0.311 e. The van der Waals surface area contributed by atoms with Crippen LogP contribution >= 0.6 is 0 Å². The number of nitrogens with one attached hydrogen (secondary N) is 1. The van der Waals surface area contributed by atoms with Crippen LogP contribution in [0.4, 0.5) is 4.39 Å². The van der Waals surface area contributed by atoms with Gasteiger partial charge in [-0.05, 0) is 54.7 Å². The third kappa shape index (κ3) is 2.90. The van der Waals surface area contributed by atoms with Crippen LogP contribution in [0, 0.1) is 17.7 Å². The Morgan fingerprint density at radius 1 is 1.05 bits per heavy atom. The maximum absolute atomic E-state index is 12.9. The number of benzene rings is 1. The van der Waals surface area contributed by atoms with Gasteiger partial charge in [-0.15, -0.1) is 0 Å². The molecule has 110 valence electrons. The summed E-state index contributed by atoms with van der Waals surface area (Å²) in [4.78, 5) is 0. The fourth-order valence-electron chi connectivity index (χ4n) is 3.88. The Balaban J connectivity index is 1.49. The lowest BCUT2D eigenvalue weighted by Gasteiger charge is -2.43. The molecule has 3 rings (SSSR count).